The van der Waals surface area contributed by atoms with E-state index in [1.54, 1.807) is 17.2 Å². The fourth-order valence-electron chi connectivity index (χ4n) is 1.99. The highest BCUT2D eigenvalue weighted by molar-refractivity contribution is 7.99. The van der Waals surface area contributed by atoms with Crippen LogP contribution in [0, 0.1) is 0 Å². The van der Waals surface area contributed by atoms with Crippen molar-refractivity contribution in [2.75, 3.05) is 18.1 Å². The third-order valence-electron chi connectivity index (χ3n) is 3.14. The van der Waals surface area contributed by atoms with E-state index in [-0.39, 0.29) is 12.3 Å². The second-order valence-electron chi connectivity index (χ2n) is 4.72. The minimum atomic E-state index is -0.396. The number of benzene rings is 2. The van der Waals surface area contributed by atoms with Crippen molar-refractivity contribution in [3.05, 3.63) is 48.0 Å². The number of hydrogen-bond acceptors (Lipinski definition) is 4. The molecule has 0 heterocycles. The Morgan fingerprint density at radius 2 is 1.82 bits per heavy atom. The van der Waals surface area contributed by atoms with Crippen LogP contribution in [0.3, 0.4) is 0 Å². The fraction of sp³-hybridized carbons (Fsp3) is 0.250. The first-order valence-corrected chi connectivity index (χ1v) is 8.14. The number of carbonyl (C=O) groups excluding carboxylic acids is 2. The molecule has 0 aliphatic carbocycles. The zero-order chi connectivity index (χ0) is 15.8. The number of carbonyl (C=O) groups is 2. The van der Waals surface area contributed by atoms with Crippen LogP contribution in [-0.2, 0) is 4.79 Å². The van der Waals surface area contributed by atoms with Gasteiger partial charge in [0, 0.05) is 30.0 Å². The normalized spacial score (nSPS) is 10.4. The maximum Gasteiger partial charge on any atom is 0.251 e. The third kappa shape index (κ3) is 4.75. The molecule has 0 unspecified atom stereocenters. The van der Waals surface area contributed by atoms with Crippen LogP contribution in [0.25, 0.3) is 10.8 Å². The van der Waals surface area contributed by atoms with Crippen molar-refractivity contribution in [2.24, 2.45) is 0 Å². The van der Waals surface area contributed by atoms with Crippen LogP contribution < -0.4 is 10.8 Å². The lowest BCUT2D eigenvalue weighted by molar-refractivity contribution is -0.128. The van der Waals surface area contributed by atoms with Gasteiger partial charge in [-0.15, -0.1) is 0 Å². The molecule has 0 saturated heterocycles. The second kappa shape index (κ2) is 8.41. The first-order chi connectivity index (χ1) is 10.7. The summed E-state index contributed by atoms with van der Waals surface area (Å²) in [6.45, 7) is 0.539. The molecule has 22 heavy (non-hydrogen) atoms. The van der Waals surface area contributed by atoms with Crippen LogP contribution in [0.1, 0.15) is 16.8 Å². The molecule has 6 heteroatoms. The molecule has 0 radical (unpaired) electrons. The average Bonchev–Trinajstić information content (AvgIpc) is 2.56. The van der Waals surface area contributed by atoms with Gasteiger partial charge in [-0.25, -0.2) is 5.48 Å². The lowest BCUT2D eigenvalue weighted by atomic mass is 10.1. The van der Waals surface area contributed by atoms with Crippen LogP contribution >= 0.6 is 11.8 Å². The van der Waals surface area contributed by atoms with Crippen molar-refractivity contribution in [1.82, 2.24) is 10.8 Å². The van der Waals surface area contributed by atoms with E-state index in [1.165, 1.54) is 0 Å². The molecule has 0 saturated carbocycles. The first-order valence-electron chi connectivity index (χ1n) is 6.98. The minimum Gasteiger partial charge on any atom is -0.351 e. The summed E-state index contributed by atoms with van der Waals surface area (Å²) >= 11 is 1.55. The number of amides is 2. The van der Waals surface area contributed by atoms with Crippen molar-refractivity contribution < 1.29 is 14.8 Å². The Labute approximate surface area is 133 Å². The minimum absolute atomic E-state index is 0.0977. The fourth-order valence-corrected chi connectivity index (χ4v) is 2.77. The lowest BCUT2D eigenvalue weighted by Gasteiger charge is -2.06. The van der Waals surface area contributed by atoms with Gasteiger partial charge in [-0.1, -0.05) is 30.3 Å². The quantitative estimate of drug-likeness (QED) is 0.415. The summed E-state index contributed by atoms with van der Waals surface area (Å²) in [5.74, 6) is 0.836. The van der Waals surface area contributed by atoms with Gasteiger partial charge in [0.15, 0.2) is 0 Å². The van der Waals surface area contributed by atoms with Crippen LogP contribution in [0.2, 0.25) is 0 Å². The van der Waals surface area contributed by atoms with Gasteiger partial charge in [0.2, 0.25) is 5.91 Å². The Morgan fingerprint density at radius 1 is 1.05 bits per heavy atom. The van der Waals surface area contributed by atoms with Crippen LogP contribution in [-0.4, -0.2) is 35.1 Å². The molecule has 0 aliphatic rings. The highest BCUT2D eigenvalue weighted by atomic mass is 32.2. The van der Waals surface area contributed by atoms with E-state index in [0.29, 0.717) is 17.9 Å². The van der Waals surface area contributed by atoms with Crippen molar-refractivity contribution in [2.45, 2.75) is 6.42 Å². The van der Waals surface area contributed by atoms with Crippen molar-refractivity contribution in [3.8, 4) is 0 Å². The predicted octanol–water partition coefficient (Wildman–Crippen LogP) is 2.20. The molecule has 0 atom stereocenters. The molecule has 2 aromatic carbocycles. The highest BCUT2D eigenvalue weighted by Crippen LogP contribution is 2.15. The van der Waals surface area contributed by atoms with Gasteiger partial charge in [0.1, 0.15) is 0 Å². The van der Waals surface area contributed by atoms with Gasteiger partial charge >= 0.3 is 0 Å². The summed E-state index contributed by atoms with van der Waals surface area (Å²) in [6, 6.07) is 13.5. The number of hydroxylamine groups is 1. The maximum absolute atomic E-state index is 12.1. The molecule has 0 aromatic heterocycles. The molecule has 2 rings (SSSR count). The lowest BCUT2D eigenvalue weighted by Crippen LogP contribution is -2.26. The van der Waals surface area contributed by atoms with Crippen molar-refractivity contribution >= 4 is 34.3 Å². The Hall–Kier alpha value is -2.05. The van der Waals surface area contributed by atoms with Crippen molar-refractivity contribution in [1.29, 1.82) is 0 Å². The van der Waals surface area contributed by atoms with E-state index >= 15 is 0 Å². The topological polar surface area (TPSA) is 78.4 Å². The molecule has 0 spiro atoms. The third-order valence-corrected chi connectivity index (χ3v) is 4.13. The summed E-state index contributed by atoms with van der Waals surface area (Å²) in [6.07, 6.45) is 0.264. The molecular formula is C16H18N2O3S. The first kappa shape index (κ1) is 16.3. The number of fused-ring (bicyclic) bond motifs is 1. The van der Waals surface area contributed by atoms with Crippen LogP contribution in [0.5, 0.6) is 0 Å². The molecular weight excluding hydrogens is 300 g/mol. The van der Waals surface area contributed by atoms with Gasteiger partial charge in [-0.2, -0.15) is 11.8 Å². The molecule has 2 aromatic rings. The Bertz CT molecular complexity index is 661. The van der Waals surface area contributed by atoms with E-state index in [1.807, 2.05) is 42.5 Å². The highest BCUT2D eigenvalue weighted by Gasteiger charge is 2.05. The molecule has 5 nitrogen and oxygen atoms in total. The standard InChI is InChI=1S/C16H18N2O3S/c19-15(18-21)7-9-22-10-8-17-16(20)14-6-5-12-3-1-2-4-13(12)11-14/h1-6,11,21H,7-10H2,(H,17,20)(H,18,19). The average molecular weight is 318 g/mol. The van der Waals surface area contributed by atoms with E-state index in [0.717, 1.165) is 16.5 Å². The Balaban J connectivity index is 1.75. The van der Waals surface area contributed by atoms with E-state index in [9.17, 15) is 9.59 Å². The number of nitrogens with one attached hydrogen (secondary N) is 2. The van der Waals surface area contributed by atoms with Gasteiger partial charge in [-0.3, -0.25) is 14.8 Å². The van der Waals surface area contributed by atoms with Gasteiger partial charge in [-0.05, 0) is 22.9 Å². The van der Waals surface area contributed by atoms with Crippen molar-refractivity contribution in [3.63, 3.8) is 0 Å². The van der Waals surface area contributed by atoms with E-state index in [2.05, 4.69) is 5.32 Å². The smallest absolute Gasteiger partial charge is 0.251 e. The molecule has 0 fully saturated rings. The number of hydrogen-bond donors (Lipinski definition) is 3. The zero-order valence-corrected chi connectivity index (χ0v) is 12.9. The zero-order valence-electron chi connectivity index (χ0n) is 12.0. The maximum atomic E-state index is 12.1. The largest absolute Gasteiger partial charge is 0.351 e. The monoisotopic (exact) mass is 318 g/mol. The van der Waals surface area contributed by atoms with E-state index < -0.39 is 5.91 Å². The molecule has 0 bridgehead atoms. The SMILES string of the molecule is O=C(CCSCCNC(=O)c1ccc2ccccc2c1)NO. The Morgan fingerprint density at radius 3 is 2.59 bits per heavy atom. The van der Waals surface area contributed by atoms with E-state index in [4.69, 9.17) is 5.21 Å². The molecule has 3 N–H and O–H groups in total. The summed E-state index contributed by atoms with van der Waals surface area (Å²) in [5, 5.41) is 13.4. The summed E-state index contributed by atoms with van der Waals surface area (Å²) in [7, 11) is 0. The number of thioether (sulfide) groups is 1. The van der Waals surface area contributed by atoms with Gasteiger partial charge < -0.3 is 5.32 Å². The second-order valence-corrected chi connectivity index (χ2v) is 5.94. The Kier molecular flexibility index (Phi) is 6.24. The summed E-state index contributed by atoms with van der Waals surface area (Å²) in [5.41, 5.74) is 2.23. The van der Waals surface area contributed by atoms with Crippen LogP contribution in [0.15, 0.2) is 42.5 Å². The number of rotatable bonds is 7. The van der Waals surface area contributed by atoms with Crippen LogP contribution in [0.4, 0.5) is 0 Å². The molecule has 116 valence electrons. The van der Waals surface area contributed by atoms with Gasteiger partial charge in [0.05, 0.1) is 0 Å². The van der Waals surface area contributed by atoms with Gasteiger partial charge in [0.25, 0.3) is 5.91 Å². The molecule has 0 aliphatic heterocycles. The summed E-state index contributed by atoms with van der Waals surface area (Å²) < 4.78 is 0. The molecule has 2 amide bonds. The predicted molar refractivity (Wildman–Crippen MR) is 88.2 cm³/mol. The summed E-state index contributed by atoms with van der Waals surface area (Å²) in [4.78, 5) is 22.9.